The Morgan fingerprint density at radius 3 is 2.80 bits per heavy atom. The average Bonchev–Trinajstić information content (AvgIpc) is 2.48. The minimum Gasteiger partial charge on any atom is -0.444 e. The van der Waals surface area contributed by atoms with Gasteiger partial charge in [0.25, 0.3) is 0 Å². The molecule has 0 bridgehead atoms. The number of hydrogen-bond donors (Lipinski definition) is 1. The molecule has 0 unspecified atom stereocenters. The van der Waals surface area contributed by atoms with Gasteiger partial charge in [0, 0.05) is 12.5 Å². The lowest BCUT2D eigenvalue weighted by Crippen LogP contribution is -2.27. The molecule has 0 fully saturated rings. The molecule has 0 aromatic carbocycles. The van der Waals surface area contributed by atoms with Gasteiger partial charge in [-0.15, -0.1) is 11.3 Å². The second-order valence-corrected chi connectivity index (χ2v) is 5.23. The normalized spacial score (nSPS) is 11.2. The molecule has 0 aliphatic heterocycles. The van der Waals surface area contributed by atoms with Crippen molar-refractivity contribution in [3.63, 3.8) is 0 Å². The monoisotopic (exact) mass is 230 g/mol. The van der Waals surface area contributed by atoms with E-state index in [2.05, 4.69) is 10.3 Å². The fourth-order valence-corrected chi connectivity index (χ4v) is 1.66. The standard InChI is InChI=1S/C10H16N2O2S.H2/c1-5-7-6-11-8(15-7)12-9(13)14-10(2,3)4;/h6H,5H2,1-4H3,(H,11,12,13);1H. The summed E-state index contributed by atoms with van der Waals surface area (Å²) in [6.45, 7) is 7.52. The van der Waals surface area contributed by atoms with Crippen LogP contribution in [0.1, 0.15) is 34.0 Å². The minimum atomic E-state index is -0.477. The maximum Gasteiger partial charge on any atom is 0.413 e. The third-order valence-electron chi connectivity index (χ3n) is 1.51. The van der Waals surface area contributed by atoms with Crippen molar-refractivity contribution in [1.82, 2.24) is 4.98 Å². The number of aromatic nitrogens is 1. The molecule has 4 nitrogen and oxygen atoms in total. The van der Waals surface area contributed by atoms with Crippen LogP contribution in [-0.4, -0.2) is 16.7 Å². The molecule has 1 heterocycles. The number of nitrogens with one attached hydrogen (secondary N) is 1. The van der Waals surface area contributed by atoms with Gasteiger partial charge in [0.2, 0.25) is 0 Å². The van der Waals surface area contributed by atoms with Crippen LogP contribution in [0.25, 0.3) is 0 Å². The van der Waals surface area contributed by atoms with E-state index in [-0.39, 0.29) is 1.43 Å². The Labute approximate surface area is 95.2 Å². The second-order valence-electron chi connectivity index (χ2n) is 4.11. The van der Waals surface area contributed by atoms with Crippen LogP contribution in [0.5, 0.6) is 0 Å². The fraction of sp³-hybridized carbons (Fsp3) is 0.600. The van der Waals surface area contributed by atoms with Gasteiger partial charge in [-0.3, -0.25) is 5.32 Å². The van der Waals surface area contributed by atoms with Crippen LogP contribution in [0.3, 0.4) is 0 Å². The van der Waals surface area contributed by atoms with Gasteiger partial charge in [-0.25, -0.2) is 9.78 Å². The Hall–Kier alpha value is -1.10. The second kappa shape index (κ2) is 4.61. The first-order valence-electron chi connectivity index (χ1n) is 4.85. The number of anilines is 1. The summed E-state index contributed by atoms with van der Waals surface area (Å²) in [5, 5.41) is 3.18. The molecule has 0 saturated heterocycles. The van der Waals surface area contributed by atoms with Crippen molar-refractivity contribution in [2.24, 2.45) is 0 Å². The highest BCUT2D eigenvalue weighted by atomic mass is 32.1. The molecule has 1 rings (SSSR count). The quantitative estimate of drug-likeness (QED) is 0.848. The third-order valence-corrected chi connectivity index (χ3v) is 2.57. The van der Waals surface area contributed by atoms with Gasteiger partial charge in [0.05, 0.1) is 0 Å². The van der Waals surface area contributed by atoms with E-state index in [9.17, 15) is 4.79 Å². The highest BCUT2D eigenvalue weighted by molar-refractivity contribution is 7.15. The summed E-state index contributed by atoms with van der Waals surface area (Å²) in [6, 6.07) is 0. The lowest BCUT2D eigenvalue weighted by Gasteiger charge is -2.18. The maximum absolute atomic E-state index is 11.4. The molecule has 1 amide bonds. The topological polar surface area (TPSA) is 51.2 Å². The summed E-state index contributed by atoms with van der Waals surface area (Å²) in [4.78, 5) is 16.6. The van der Waals surface area contributed by atoms with Crippen molar-refractivity contribution in [1.29, 1.82) is 0 Å². The minimum absolute atomic E-state index is 0. The van der Waals surface area contributed by atoms with E-state index in [1.165, 1.54) is 11.3 Å². The largest absolute Gasteiger partial charge is 0.444 e. The molecule has 1 N–H and O–H groups in total. The van der Waals surface area contributed by atoms with Gasteiger partial charge in [-0.1, -0.05) is 6.92 Å². The molecule has 86 valence electrons. The van der Waals surface area contributed by atoms with Crippen molar-refractivity contribution >= 4 is 22.6 Å². The zero-order valence-electron chi connectivity index (χ0n) is 9.46. The Morgan fingerprint density at radius 1 is 1.67 bits per heavy atom. The molecule has 15 heavy (non-hydrogen) atoms. The summed E-state index contributed by atoms with van der Waals surface area (Å²) in [5.41, 5.74) is -0.477. The van der Waals surface area contributed by atoms with Crippen LogP contribution in [0.15, 0.2) is 6.20 Å². The van der Waals surface area contributed by atoms with Crippen LogP contribution in [0, 0.1) is 0 Å². The molecular formula is C10H18N2O2S. The number of amides is 1. The molecule has 0 saturated carbocycles. The number of carbonyl (C=O) groups is 1. The smallest absolute Gasteiger partial charge is 0.413 e. The van der Waals surface area contributed by atoms with Crippen LogP contribution in [0.4, 0.5) is 9.93 Å². The van der Waals surface area contributed by atoms with E-state index < -0.39 is 11.7 Å². The van der Waals surface area contributed by atoms with Gasteiger partial charge in [0.15, 0.2) is 5.13 Å². The summed E-state index contributed by atoms with van der Waals surface area (Å²) in [7, 11) is 0. The van der Waals surface area contributed by atoms with Crippen molar-refractivity contribution in [3.8, 4) is 0 Å². The Bertz CT molecular complexity index is 347. The lowest BCUT2D eigenvalue weighted by atomic mass is 10.2. The molecule has 0 aliphatic carbocycles. The number of nitrogens with zero attached hydrogens (tertiary/aromatic N) is 1. The van der Waals surface area contributed by atoms with E-state index in [1.54, 1.807) is 6.20 Å². The lowest BCUT2D eigenvalue weighted by molar-refractivity contribution is 0.0636. The van der Waals surface area contributed by atoms with Crippen molar-refractivity contribution < 1.29 is 11.0 Å². The number of thiazole rings is 1. The van der Waals surface area contributed by atoms with E-state index in [4.69, 9.17) is 4.74 Å². The van der Waals surface area contributed by atoms with E-state index in [1.807, 2.05) is 27.7 Å². The summed E-state index contributed by atoms with van der Waals surface area (Å²) >= 11 is 1.46. The first-order chi connectivity index (χ1) is 6.90. The first kappa shape index (κ1) is 12.0. The van der Waals surface area contributed by atoms with Crippen molar-refractivity contribution in [3.05, 3.63) is 11.1 Å². The van der Waals surface area contributed by atoms with Gasteiger partial charge in [-0.05, 0) is 27.2 Å². The van der Waals surface area contributed by atoms with Gasteiger partial charge >= 0.3 is 6.09 Å². The molecule has 0 spiro atoms. The van der Waals surface area contributed by atoms with Crippen LogP contribution >= 0.6 is 11.3 Å². The molecule has 0 aliphatic rings. The SMILES string of the molecule is CCc1cnc(NC(=O)OC(C)(C)C)s1.[HH]. The average molecular weight is 230 g/mol. The fourth-order valence-electron chi connectivity index (χ4n) is 0.920. The predicted molar refractivity (Wildman–Crippen MR) is 63.5 cm³/mol. The Balaban J connectivity index is 0.00000225. The molecule has 1 aromatic rings. The molecule has 5 heteroatoms. The molecule has 0 radical (unpaired) electrons. The highest BCUT2D eigenvalue weighted by Gasteiger charge is 2.16. The highest BCUT2D eigenvalue weighted by Crippen LogP contribution is 2.19. The molecule has 1 aromatic heterocycles. The molecule has 0 atom stereocenters. The van der Waals surface area contributed by atoms with E-state index in [0.29, 0.717) is 5.13 Å². The summed E-state index contributed by atoms with van der Waals surface area (Å²) in [5.74, 6) is 0. The molecular weight excluding hydrogens is 212 g/mol. The number of carbonyl (C=O) groups excluding carboxylic acids is 1. The number of rotatable bonds is 2. The third kappa shape index (κ3) is 4.29. The van der Waals surface area contributed by atoms with E-state index >= 15 is 0 Å². The zero-order valence-corrected chi connectivity index (χ0v) is 10.3. The Morgan fingerprint density at radius 2 is 2.33 bits per heavy atom. The number of hydrogen-bond acceptors (Lipinski definition) is 4. The van der Waals surface area contributed by atoms with Crippen molar-refractivity contribution in [2.45, 2.75) is 39.7 Å². The van der Waals surface area contributed by atoms with Crippen molar-refractivity contribution in [2.75, 3.05) is 5.32 Å². The maximum atomic E-state index is 11.4. The number of aryl methyl sites for hydroxylation is 1. The predicted octanol–water partition coefficient (Wildman–Crippen LogP) is 3.30. The Kier molecular flexibility index (Phi) is 3.68. The zero-order chi connectivity index (χ0) is 11.5. The summed E-state index contributed by atoms with van der Waals surface area (Å²) in [6.07, 6.45) is 2.23. The van der Waals surface area contributed by atoms with Crippen LogP contribution in [0.2, 0.25) is 0 Å². The van der Waals surface area contributed by atoms with Gasteiger partial charge in [-0.2, -0.15) is 0 Å². The van der Waals surface area contributed by atoms with Gasteiger partial charge < -0.3 is 4.74 Å². The van der Waals surface area contributed by atoms with E-state index in [0.717, 1.165) is 11.3 Å². The number of ether oxygens (including phenoxy) is 1. The van der Waals surface area contributed by atoms with Crippen LogP contribution in [-0.2, 0) is 11.2 Å². The summed E-state index contributed by atoms with van der Waals surface area (Å²) < 4.78 is 5.10. The van der Waals surface area contributed by atoms with Crippen LogP contribution < -0.4 is 5.32 Å². The first-order valence-corrected chi connectivity index (χ1v) is 5.67. The van der Waals surface area contributed by atoms with Gasteiger partial charge in [0.1, 0.15) is 5.60 Å².